The molecule has 1 aromatic rings. The van der Waals surface area contributed by atoms with Crippen molar-refractivity contribution in [2.75, 3.05) is 37.8 Å². The summed E-state index contributed by atoms with van der Waals surface area (Å²) in [4.78, 5) is 15.5. The highest BCUT2D eigenvalue weighted by atomic mass is 35.5. The summed E-state index contributed by atoms with van der Waals surface area (Å²) < 4.78 is 0. The van der Waals surface area contributed by atoms with Gasteiger partial charge in [0.25, 0.3) is 0 Å². The second-order valence-corrected chi connectivity index (χ2v) is 5.94. The van der Waals surface area contributed by atoms with E-state index in [4.69, 9.17) is 0 Å². The number of hydrogen-bond acceptors (Lipinski definition) is 4. The topological polar surface area (TPSA) is 44.4 Å². The molecule has 1 amide bonds. The van der Waals surface area contributed by atoms with Crippen LogP contribution in [0.4, 0.5) is 5.69 Å². The van der Waals surface area contributed by atoms with Gasteiger partial charge in [0.05, 0.1) is 5.69 Å². The first-order chi connectivity index (χ1) is 9.70. The van der Waals surface area contributed by atoms with E-state index in [9.17, 15) is 4.79 Å². The minimum atomic E-state index is 0. The van der Waals surface area contributed by atoms with Crippen molar-refractivity contribution >= 4 is 35.8 Å². The Morgan fingerprint density at radius 3 is 2.95 bits per heavy atom. The summed E-state index contributed by atoms with van der Waals surface area (Å²) in [5.41, 5.74) is 0.915. The van der Waals surface area contributed by atoms with Gasteiger partial charge in [-0.3, -0.25) is 9.69 Å². The highest BCUT2D eigenvalue weighted by Crippen LogP contribution is 2.24. The minimum Gasteiger partial charge on any atom is -0.325 e. The predicted octanol–water partition coefficient (Wildman–Crippen LogP) is 2.45. The molecule has 1 aromatic carbocycles. The maximum atomic E-state index is 12.1. The number of carbonyl (C=O) groups is 1. The van der Waals surface area contributed by atoms with Gasteiger partial charge in [0.2, 0.25) is 5.91 Å². The summed E-state index contributed by atoms with van der Waals surface area (Å²) in [6.45, 7) is 6.08. The van der Waals surface area contributed by atoms with Crippen LogP contribution in [0.5, 0.6) is 0 Å². The molecule has 0 radical (unpaired) electrons. The first-order valence-electron chi connectivity index (χ1n) is 7.08. The Morgan fingerprint density at radius 2 is 2.24 bits per heavy atom. The van der Waals surface area contributed by atoms with Gasteiger partial charge in [-0.2, -0.15) is 0 Å². The van der Waals surface area contributed by atoms with Crippen LogP contribution in [-0.2, 0) is 4.79 Å². The maximum Gasteiger partial charge on any atom is 0.225 e. The Balaban J connectivity index is 0.00000220. The van der Waals surface area contributed by atoms with E-state index in [0.717, 1.165) is 36.8 Å². The van der Waals surface area contributed by atoms with Gasteiger partial charge in [-0.15, -0.1) is 24.2 Å². The van der Waals surface area contributed by atoms with Crippen molar-refractivity contribution in [2.24, 2.45) is 0 Å². The standard InChI is InChI=1S/C15H23N3OS.ClH/c1-12-11-16-8-10-18(12)9-7-15(19)17-13-5-3-4-6-14(13)20-2;/h3-6,12,16H,7-11H2,1-2H3,(H,17,19);1H/t12-;/m1./s1. The summed E-state index contributed by atoms with van der Waals surface area (Å²) >= 11 is 1.65. The molecule has 1 saturated heterocycles. The summed E-state index contributed by atoms with van der Waals surface area (Å²) in [5, 5.41) is 6.38. The van der Waals surface area contributed by atoms with Crippen molar-refractivity contribution in [1.82, 2.24) is 10.2 Å². The van der Waals surface area contributed by atoms with E-state index in [1.807, 2.05) is 30.5 Å². The first-order valence-corrected chi connectivity index (χ1v) is 8.31. The fourth-order valence-electron chi connectivity index (χ4n) is 2.42. The number of para-hydroxylation sites is 1. The lowest BCUT2D eigenvalue weighted by molar-refractivity contribution is -0.116. The maximum absolute atomic E-state index is 12.1. The zero-order valence-electron chi connectivity index (χ0n) is 12.6. The highest BCUT2D eigenvalue weighted by Gasteiger charge is 2.18. The monoisotopic (exact) mass is 329 g/mol. The molecule has 6 heteroatoms. The number of halogens is 1. The number of benzene rings is 1. The van der Waals surface area contributed by atoms with Gasteiger partial charge in [-0.25, -0.2) is 0 Å². The Labute approximate surface area is 137 Å². The molecule has 2 N–H and O–H groups in total. The quantitative estimate of drug-likeness (QED) is 0.814. The second-order valence-electron chi connectivity index (χ2n) is 5.09. The molecule has 21 heavy (non-hydrogen) atoms. The van der Waals surface area contributed by atoms with Gasteiger partial charge >= 0.3 is 0 Å². The molecule has 1 atom stereocenters. The fourth-order valence-corrected chi connectivity index (χ4v) is 2.97. The Kier molecular flexibility index (Phi) is 8.11. The SMILES string of the molecule is CSc1ccccc1NC(=O)CCN1CCNC[C@H]1C.Cl. The summed E-state index contributed by atoms with van der Waals surface area (Å²) in [6, 6.07) is 8.43. The number of rotatable bonds is 5. The number of anilines is 1. The number of carbonyl (C=O) groups excluding carboxylic acids is 1. The summed E-state index contributed by atoms with van der Waals surface area (Å²) in [6.07, 6.45) is 2.57. The minimum absolute atomic E-state index is 0. The molecule has 1 aliphatic rings. The molecule has 0 bridgehead atoms. The molecule has 1 aliphatic heterocycles. The molecule has 1 heterocycles. The third-order valence-corrected chi connectivity index (χ3v) is 4.44. The van der Waals surface area contributed by atoms with Gasteiger partial charge < -0.3 is 10.6 Å². The average Bonchev–Trinajstić information content (AvgIpc) is 2.47. The number of thioether (sulfide) groups is 1. The average molecular weight is 330 g/mol. The molecule has 0 aromatic heterocycles. The van der Waals surface area contributed by atoms with Crippen molar-refractivity contribution in [3.05, 3.63) is 24.3 Å². The Morgan fingerprint density at radius 1 is 1.48 bits per heavy atom. The zero-order chi connectivity index (χ0) is 14.4. The number of nitrogens with zero attached hydrogens (tertiary/aromatic N) is 1. The third kappa shape index (κ3) is 5.51. The van der Waals surface area contributed by atoms with E-state index in [1.54, 1.807) is 11.8 Å². The van der Waals surface area contributed by atoms with Crippen LogP contribution in [0.1, 0.15) is 13.3 Å². The molecule has 4 nitrogen and oxygen atoms in total. The van der Waals surface area contributed by atoms with Gasteiger partial charge in [0, 0.05) is 43.5 Å². The normalized spacial score (nSPS) is 18.9. The van der Waals surface area contributed by atoms with E-state index >= 15 is 0 Å². The van der Waals surface area contributed by atoms with Crippen LogP contribution in [0, 0.1) is 0 Å². The van der Waals surface area contributed by atoms with Crippen LogP contribution in [0.15, 0.2) is 29.2 Å². The van der Waals surface area contributed by atoms with Crippen LogP contribution in [0.25, 0.3) is 0 Å². The second kappa shape index (κ2) is 9.30. The van der Waals surface area contributed by atoms with Crippen molar-refractivity contribution in [2.45, 2.75) is 24.3 Å². The van der Waals surface area contributed by atoms with Crippen LogP contribution in [-0.4, -0.2) is 49.3 Å². The van der Waals surface area contributed by atoms with Crippen LogP contribution in [0.2, 0.25) is 0 Å². The smallest absolute Gasteiger partial charge is 0.225 e. The van der Waals surface area contributed by atoms with Crippen molar-refractivity contribution in [1.29, 1.82) is 0 Å². The highest BCUT2D eigenvalue weighted by molar-refractivity contribution is 7.98. The molecule has 1 fully saturated rings. The summed E-state index contributed by atoms with van der Waals surface area (Å²) in [7, 11) is 0. The van der Waals surface area contributed by atoms with Crippen LogP contribution in [0.3, 0.4) is 0 Å². The molecular weight excluding hydrogens is 306 g/mol. The zero-order valence-corrected chi connectivity index (χ0v) is 14.2. The first kappa shape index (κ1) is 18.3. The van der Waals surface area contributed by atoms with Crippen molar-refractivity contribution < 1.29 is 4.79 Å². The van der Waals surface area contributed by atoms with E-state index < -0.39 is 0 Å². The lowest BCUT2D eigenvalue weighted by atomic mass is 10.2. The Bertz CT molecular complexity index is 458. The van der Waals surface area contributed by atoms with Gasteiger partial charge in [-0.05, 0) is 25.3 Å². The van der Waals surface area contributed by atoms with Crippen molar-refractivity contribution in [3.63, 3.8) is 0 Å². The van der Waals surface area contributed by atoms with Crippen LogP contribution < -0.4 is 10.6 Å². The number of nitrogens with one attached hydrogen (secondary N) is 2. The van der Waals surface area contributed by atoms with Gasteiger partial charge in [0.1, 0.15) is 0 Å². The molecule has 0 spiro atoms. The van der Waals surface area contributed by atoms with Crippen molar-refractivity contribution in [3.8, 4) is 0 Å². The van der Waals surface area contributed by atoms with E-state index in [-0.39, 0.29) is 18.3 Å². The molecule has 2 rings (SSSR count). The molecule has 0 saturated carbocycles. The molecular formula is C15H24ClN3OS. The lowest BCUT2D eigenvalue weighted by Gasteiger charge is -2.33. The van der Waals surface area contributed by atoms with Gasteiger partial charge in [-0.1, -0.05) is 12.1 Å². The summed E-state index contributed by atoms with van der Waals surface area (Å²) in [5.74, 6) is 0.0947. The Hall–Kier alpha value is -0.750. The molecule has 118 valence electrons. The number of amides is 1. The largest absolute Gasteiger partial charge is 0.325 e. The lowest BCUT2D eigenvalue weighted by Crippen LogP contribution is -2.50. The molecule has 0 unspecified atom stereocenters. The van der Waals surface area contributed by atoms with E-state index in [2.05, 4.69) is 22.5 Å². The number of hydrogen-bond donors (Lipinski definition) is 2. The van der Waals surface area contributed by atoms with E-state index in [0.29, 0.717) is 12.5 Å². The molecule has 0 aliphatic carbocycles. The van der Waals surface area contributed by atoms with E-state index in [1.165, 1.54) is 0 Å². The predicted molar refractivity (Wildman–Crippen MR) is 92.6 cm³/mol. The van der Waals surface area contributed by atoms with Gasteiger partial charge in [0.15, 0.2) is 0 Å². The third-order valence-electron chi connectivity index (χ3n) is 3.65. The van der Waals surface area contributed by atoms with Crippen LogP contribution >= 0.6 is 24.2 Å². The number of piperazine rings is 1. The fraction of sp³-hybridized carbons (Fsp3) is 0.533.